The largest absolute Gasteiger partial charge is 0.367 e. The standard InChI is InChI=1S/C20H19N3/c1-14-5-2-3-7-17(14)19-13-23-20-18(19)10-16(12-22-20)9-15-6-4-8-21-11-15/h2-8,10-11,13,22-23H,9,12H2,1H3. The Hall–Kier alpha value is -2.81. The van der Waals surface area contributed by atoms with Gasteiger partial charge in [-0.2, -0.15) is 0 Å². The normalized spacial score (nSPS) is 13.2. The molecule has 0 radical (unpaired) electrons. The number of hydrogen-bond donors (Lipinski definition) is 2. The highest BCUT2D eigenvalue weighted by Crippen LogP contribution is 2.35. The average Bonchev–Trinajstić information content (AvgIpc) is 2.99. The van der Waals surface area contributed by atoms with E-state index in [-0.39, 0.29) is 0 Å². The zero-order valence-corrected chi connectivity index (χ0v) is 13.1. The second-order valence-corrected chi connectivity index (χ2v) is 6.00. The predicted molar refractivity (Wildman–Crippen MR) is 95.4 cm³/mol. The van der Waals surface area contributed by atoms with Crippen molar-refractivity contribution in [3.05, 3.63) is 77.3 Å². The Morgan fingerprint density at radius 1 is 1.09 bits per heavy atom. The second-order valence-electron chi connectivity index (χ2n) is 6.00. The summed E-state index contributed by atoms with van der Waals surface area (Å²) in [5.41, 5.74) is 7.71. The number of nitrogens with zero attached hydrogens (tertiary/aromatic N) is 1. The molecule has 3 aromatic rings. The van der Waals surface area contributed by atoms with E-state index in [2.05, 4.69) is 64.8 Å². The van der Waals surface area contributed by atoms with Crippen LogP contribution in [-0.4, -0.2) is 16.5 Å². The lowest BCUT2D eigenvalue weighted by molar-refractivity contribution is 1.05. The zero-order chi connectivity index (χ0) is 15.6. The summed E-state index contributed by atoms with van der Waals surface area (Å²) in [4.78, 5) is 7.58. The van der Waals surface area contributed by atoms with Crippen LogP contribution in [0.4, 0.5) is 5.82 Å². The monoisotopic (exact) mass is 301 g/mol. The number of aryl methyl sites for hydroxylation is 1. The smallest absolute Gasteiger partial charge is 0.111 e. The minimum Gasteiger partial charge on any atom is -0.367 e. The maximum atomic E-state index is 4.21. The van der Waals surface area contributed by atoms with Gasteiger partial charge in [0.1, 0.15) is 5.82 Å². The van der Waals surface area contributed by atoms with Gasteiger partial charge in [-0.3, -0.25) is 4.98 Å². The van der Waals surface area contributed by atoms with Crippen molar-refractivity contribution in [1.82, 2.24) is 9.97 Å². The van der Waals surface area contributed by atoms with E-state index >= 15 is 0 Å². The molecule has 0 fully saturated rings. The maximum Gasteiger partial charge on any atom is 0.111 e. The number of pyridine rings is 1. The van der Waals surface area contributed by atoms with E-state index < -0.39 is 0 Å². The molecule has 4 rings (SSSR count). The van der Waals surface area contributed by atoms with Crippen molar-refractivity contribution in [1.29, 1.82) is 0 Å². The predicted octanol–water partition coefficient (Wildman–Crippen LogP) is 4.44. The summed E-state index contributed by atoms with van der Waals surface area (Å²) >= 11 is 0. The number of fused-ring (bicyclic) bond motifs is 1. The minimum atomic E-state index is 0.871. The van der Waals surface area contributed by atoms with Gasteiger partial charge in [-0.1, -0.05) is 30.3 Å². The Kier molecular flexibility index (Phi) is 3.46. The third kappa shape index (κ3) is 2.66. The number of hydrogen-bond acceptors (Lipinski definition) is 2. The van der Waals surface area contributed by atoms with Gasteiger partial charge < -0.3 is 10.3 Å². The third-order valence-electron chi connectivity index (χ3n) is 4.35. The SMILES string of the molecule is Cc1ccccc1-c1c[nH]c2c1C=C(Cc1cccnc1)CN2. The van der Waals surface area contributed by atoms with Gasteiger partial charge in [0.25, 0.3) is 0 Å². The molecule has 3 heterocycles. The Morgan fingerprint density at radius 3 is 2.83 bits per heavy atom. The number of nitrogens with one attached hydrogen (secondary N) is 2. The molecule has 0 saturated heterocycles. The van der Waals surface area contributed by atoms with Crippen LogP contribution in [0.3, 0.4) is 0 Å². The molecule has 1 aliphatic heterocycles. The first-order valence-electron chi connectivity index (χ1n) is 7.91. The van der Waals surface area contributed by atoms with Crippen LogP contribution in [0.1, 0.15) is 16.7 Å². The molecule has 3 nitrogen and oxygen atoms in total. The molecule has 0 bridgehead atoms. The van der Waals surface area contributed by atoms with Gasteiger partial charge >= 0.3 is 0 Å². The lowest BCUT2D eigenvalue weighted by Crippen LogP contribution is -2.12. The van der Waals surface area contributed by atoms with E-state index in [1.165, 1.54) is 33.4 Å². The molecule has 2 N–H and O–H groups in total. The molecule has 0 atom stereocenters. The van der Waals surface area contributed by atoms with E-state index in [1.54, 1.807) is 0 Å². The molecule has 0 unspecified atom stereocenters. The molecule has 1 aromatic carbocycles. The Morgan fingerprint density at radius 2 is 2.00 bits per heavy atom. The summed E-state index contributed by atoms with van der Waals surface area (Å²) in [6.07, 6.45) is 9.10. The molecule has 0 saturated carbocycles. The number of anilines is 1. The van der Waals surface area contributed by atoms with E-state index in [0.717, 1.165) is 18.8 Å². The van der Waals surface area contributed by atoms with Crippen molar-refractivity contribution in [3.8, 4) is 11.1 Å². The van der Waals surface area contributed by atoms with Crippen LogP contribution in [0.2, 0.25) is 0 Å². The second kappa shape index (κ2) is 5.76. The van der Waals surface area contributed by atoms with Crippen LogP contribution in [0.25, 0.3) is 17.2 Å². The first-order valence-corrected chi connectivity index (χ1v) is 7.91. The summed E-state index contributed by atoms with van der Waals surface area (Å²) in [6, 6.07) is 12.6. The fraction of sp³-hybridized carbons (Fsp3) is 0.150. The maximum absolute atomic E-state index is 4.21. The highest BCUT2D eigenvalue weighted by atomic mass is 15.0. The lowest BCUT2D eigenvalue weighted by atomic mass is 9.95. The summed E-state index contributed by atoms with van der Waals surface area (Å²) in [7, 11) is 0. The third-order valence-corrected chi connectivity index (χ3v) is 4.35. The van der Waals surface area contributed by atoms with Crippen molar-refractivity contribution in [3.63, 3.8) is 0 Å². The first-order chi connectivity index (χ1) is 11.3. The molecule has 3 heteroatoms. The molecule has 0 spiro atoms. The molecular weight excluding hydrogens is 282 g/mol. The van der Waals surface area contributed by atoms with Crippen molar-refractivity contribution in [2.45, 2.75) is 13.3 Å². The fourth-order valence-electron chi connectivity index (χ4n) is 3.16. The first kappa shape index (κ1) is 13.8. The Labute approximate surface area is 136 Å². The van der Waals surface area contributed by atoms with Crippen LogP contribution >= 0.6 is 0 Å². The van der Waals surface area contributed by atoms with Gasteiger partial charge in [0.2, 0.25) is 0 Å². The molecule has 2 aromatic heterocycles. The molecule has 1 aliphatic rings. The summed E-state index contributed by atoms with van der Waals surface area (Å²) in [5, 5.41) is 3.50. The molecular formula is C20H19N3. The van der Waals surface area contributed by atoms with Gasteiger partial charge in [0, 0.05) is 36.3 Å². The van der Waals surface area contributed by atoms with E-state index in [0.29, 0.717) is 0 Å². The number of H-pyrrole nitrogens is 1. The average molecular weight is 301 g/mol. The van der Waals surface area contributed by atoms with Crippen molar-refractivity contribution in [2.75, 3.05) is 11.9 Å². The molecule has 114 valence electrons. The summed E-state index contributed by atoms with van der Waals surface area (Å²) in [5.74, 6) is 1.11. The molecule has 0 aliphatic carbocycles. The zero-order valence-electron chi connectivity index (χ0n) is 13.1. The fourth-order valence-corrected chi connectivity index (χ4v) is 3.16. The van der Waals surface area contributed by atoms with Gasteiger partial charge in [0.05, 0.1) is 0 Å². The van der Waals surface area contributed by atoms with Crippen LogP contribution in [0.15, 0.2) is 60.6 Å². The highest BCUT2D eigenvalue weighted by molar-refractivity contribution is 5.85. The number of aromatic amines is 1. The van der Waals surface area contributed by atoms with Crippen molar-refractivity contribution in [2.24, 2.45) is 0 Å². The summed E-state index contributed by atoms with van der Waals surface area (Å²) < 4.78 is 0. The molecule has 23 heavy (non-hydrogen) atoms. The van der Waals surface area contributed by atoms with Crippen LogP contribution in [0, 0.1) is 6.92 Å². The van der Waals surface area contributed by atoms with Crippen molar-refractivity contribution >= 4 is 11.9 Å². The van der Waals surface area contributed by atoms with Crippen LogP contribution < -0.4 is 5.32 Å². The topological polar surface area (TPSA) is 40.7 Å². The van der Waals surface area contributed by atoms with Crippen molar-refractivity contribution < 1.29 is 0 Å². The van der Waals surface area contributed by atoms with Gasteiger partial charge in [-0.05, 0) is 47.8 Å². The van der Waals surface area contributed by atoms with Gasteiger partial charge in [-0.25, -0.2) is 0 Å². The van der Waals surface area contributed by atoms with E-state index in [9.17, 15) is 0 Å². The number of benzene rings is 1. The quantitative estimate of drug-likeness (QED) is 0.751. The lowest BCUT2D eigenvalue weighted by Gasteiger charge is -2.17. The van der Waals surface area contributed by atoms with E-state index in [4.69, 9.17) is 0 Å². The summed E-state index contributed by atoms with van der Waals surface area (Å²) in [6.45, 7) is 3.03. The number of aromatic nitrogens is 2. The van der Waals surface area contributed by atoms with Gasteiger partial charge in [-0.15, -0.1) is 0 Å². The van der Waals surface area contributed by atoms with Crippen LogP contribution in [-0.2, 0) is 6.42 Å². The van der Waals surface area contributed by atoms with E-state index in [1.807, 2.05) is 18.5 Å². The highest BCUT2D eigenvalue weighted by Gasteiger charge is 2.17. The number of rotatable bonds is 3. The van der Waals surface area contributed by atoms with Crippen LogP contribution in [0.5, 0.6) is 0 Å². The Balaban J connectivity index is 1.71. The molecule has 0 amide bonds. The minimum absolute atomic E-state index is 0.871. The van der Waals surface area contributed by atoms with Gasteiger partial charge in [0.15, 0.2) is 0 Å². The Bertz CT molecular complexity index is 860.